The van der Waals surface area contributed by atoms with Crippen molar-refractivity contribution in [1.29, 1.82) is 0 Å². The van der Waals surface area contributed by atoms with Gasteiger partial charge in [-0.2, -0.15) is 13.2 Å². The monoisotopic (exact) mass is 245 g/mol. The van der Waals surface area contributed by atoms with Crippen LogP contribution in [-0.2, 0) is 0 Å². The van der Waals surface area contributed by atoms with Crippen molar-refractivity contribution in [3.05, 3.63) is 29.8 Å². The summed E-state index contributed by atoms with van der Waals surface area (Å²) in [5, 5.41) is 9.35. The maximum atomic E-state index is 12.5. The van der Waals surface area contributed by atoms with Crippen LogP contribution in [0, 0.1) is 0 Å². The Kier molecular flexibility index (Phi) is 3.28. The number of para-hydroxylation sites is 1. The minimum Gasteiger partial charge on any atom is -0.379 e. The van der Waals surface area contributed by atoms with E-state index in [-0.39, 0.29) is 5.56 Å². The number of hydrogen-bond donors (Lipinski definition) is 1. The SMILES string of the molecule is O[C@H](c1ccccc1N1CCCC1)C(F)(F)F. The van der Waals surface area contributed by atoms with Crippen molar-refractivity contribution in [2.24, 2.45) is 0 Å². The van der Waals surface area contributed by atoms with Gasteiger partial charge in [0.2, 0.25) is 0 Å². The molecule has 17 heavy (non-hydrogen) atoms. The summed E-state index contributed by atoms with van der Waals surface area (Å²) in [6.45, 7) is 1.50. The number of benzene rings is 1. The van der Waals surface area contributed by atoms with Gasteiger partial charge in [-0.05, 0) is 18.9 Å². The molecular weight excluding hydrogens is 231 g/mol. The topological polar surface area (TPSA) is 23.5 Å². The highest BCUT2D eigenvalue weighted by Crippen LogP contribution is 2.37. The molecule has 2 rings (SSSR count). The Hall–Kier alpha value is -1.23. The van der Waals surface area contributed by atoms with Gasteiger partial charge in [0, 0.05) is 24.3 Å². The second kappa shape index (κ2) is 4.56. The molecule has 0 amide bonds. The first-order chi connectivity index (χ1) is 8.00. The average molecular weight is 245 g/mol. The lowest BCUT2D eigenvalue weighted by Crippen LogP contribution is -2.25. The molecule has 0 saturated carbocycles. The van der Waals surface area contributed by atoms with E-state index in [2.05, 4.69) is 0 Å². The van der Waals surface area contributed by atoms with E-state index in [1.54, 1.807) is 12.1 Å². The number of aliphatic hydroxyl groups excluding tert-OH is 1. The van der Waals surface area contributed by atoms with Gasteiger partial charge in [0.15, 0.2) is 6.10 Å². The van der Waals surface area contributed by atoms with Gasteiger partial charge in [-0.1, -0.05) is 18.2 Å². The molecular formula is C12H14F3NO. The maximum Gasteiger partial charge on any atom is 0.418 e. The van der Waals surface area contributed by atoms with Crippen LogP contribution in [0.5, 0.6) is 0 Å². The van der Waals surface area contributed by atoms with Gasteiger partial charge in [-0.15, -0.1) is 0 Å². The Morgan fingerprint density at radius 3 is 2.29 bits per heavy atom. The van der Waals surface area contributed by atoms with Gasteiger partial charge < -0.3 is 10.0 Å². The van der Waals surface area contributed by atoms with Crippen LogP contribution in [-0.4, -0.2) is 24.4 Å². The summed E-state index contributed by atoms with van der Waals surface area (Å²) in [5.74, 6) is 0. The number of nitrogens with zero attached hydrogens (tertiary/aromatic N) is 1. The van der Waals surface area contributed by atoms with Gasteiger partial charge in [-0.3, -0.25) is 0 Å². The smallest absolute Gasteiger partial charge is 0.379 e. The lowest BCUT2D eigenvalue weighted by Gasteiger charge is -2.24. The summed E-state index contributed by atoms with van der Waals surface area (Å²) in [4.78, 5) is 1.89. The van der Waals surface area contributed by atoms with E-state index in [0.29, 0.717) is 5.69 Å². The predicted octanol–water partition coefficient (Wildman–Crippen LogP) is 2.88. The fourth-order valence-corrected chi connectivity index (χ4v) is 2.14. The quantitative estimate of drug-likeness (QED) is 0.866. The Bertz CT molecular complexity index is 386. The summed E-state index contributed by atoms with van der Waals surface area (Å²) in [5.41, 5.74) is 0.441. The summed E-state index contributed by atoms with van der Waals surface area (Å²) in [7, 11) is 0. The molecule has 1 aliphatic rings. The van der Waals surface area contributed by atoms with E-state index in [4.69, 9.17) is 0 Å². The van der Waals surface area contributed by atoms with Gasteiger partial charge in [0.05, 0.1) is 0 Å². The molecule has 5 heteroatoms. The maximum absolute atomic E-state index is 12.5. The van der Waals surface area contributed by atoms with Crippen molar-refractivity contribution in [3.8, 4) is 0 Å². The second-order valence-corrected chi connectivity index (χ2v) is 4.20. The van der Waals surface area contributed by atoms with Crippen LogP contribution in [0.1, 0.15) is 24.5 Å². The molecule has 1 aromatic rings. The van der Waals surface area contributed by atoms with Crippen LogP contribution in [0.2, 0.25) is 0 Å². The molecule has 94 valence electrons. The molecule has 1 aromatic carbocycles. The van der Waals surface area contributed by atoms with Crippen LogP contribution < -0.4 is 4.90 Å². The Morgan fingerprint density at radius 1 is 1.12 bits per heavy atom. The van der Waals surface area contributed by atoms with Crippen LogP contribution in [0.3, 0.4) is 0 Å². The van der Waals surface area contributed by atoms with E-state index in [1.165, 1.54) is 12.1 Å². The van der Waals surface area contributed by atoms with Gasteiger partial charge in [0.25, 0.3) is 0 Å². The number of hydrogen-bond acceptors (Lipinski definition) is 2. The first-order valence-electron chi connectivity index (χ1n) is 5.59. The van der Waals surface area contributed by atoms with Crippen LogP contribution in [0.4, 0.5) is 18.9 Å². The van der Waals surface area contributed by atoms with Gasteiger partial charge in [0.1, 0.15) is 0 Å². The Morgan fingerprint density at radius 2 is 1.71 bits per heavy atom. The third-order valence-corrected chi connectivity index (χ3v) is 2.99. The molecule has 0 bridgehead atoms. The zero-order valence-electron chi connectivity index (χ0n) is 9.24. The molecule has 0 unspecified atom stereocenters. The molecule has 1 aliphatic heterocycles. The number of rotatable bonds is 2. The van der Waals surface area contributed by atoms with E-state index in [1.807, 2.05) is 4.90 Å². The highest BCUT2D eigenvalue weighted by Gasteiger charge is 2.41. The summed E-state index contributed by atoms with van der Waals surface area (Å²) >= 11 is 0. The summed E-state index contributed by atoms with van der Waals surface area (Å²) in [6.07, 6.45) is -5.05. The molecule has 1 fully saturated rings. The summed E-state index contributed by atoms with van der Waals surface area (Å²) < 4.78 is 37.6. The molecule has 0 radical (unpaired) electrons. The number of anilines is 1. The molecule has 1 N–H and O–H groups in total. The fourth-order valence-electron chi connectivity index (χ4n) is 2.14. The fraction of sp³-hybridized carbons (Fsp3) is 0.500. The second-order valence-electron chi connectivity index (χ2n) is 4.20. The van der Waals surface area contributed by atoms with Crippen molar-refractivity contribution in [2.45, 2.75) is 25.1 Å². The molecule has 0 aliphatic carbocycles. The Balaban J connectivity index is 2.33. The molecule has 0 aromatic heterocycles. The third-order valence-electron chi connectivity index (χ3n) is 2.99. The first-order valence-corrected chi connectivity index (χ1v) is 5.59. The minimum atomic E-state index is -4.62. The van der Waals surface area contributed by atoms with Crippen molar-refractivity contribution in [2.75, 3.05) is 18.0 Å². The van der Waals surface area contributed by atoms with Crippen molar-refractivity contribution < 1.29 is 18.3 Å². The largest absolute Gasteiger partial charge is 0.418 e. The lowest BCUT2D eigenvalue weighted by molar-refractivity contribution is -0.206. The highest BCUT2D eigenvalue weighted by atomic mass is 19.4. The van der Waals surface area contributed by atoms with Crippen LogP contribution in [0.15, 0.2) is 24.3 Å². The zero-order valence-corrected chi connectivity index (χ0v) is 9.24. The van der Waals surface area contributed by atoms with E-state index in [0.717, 1.165) is 25.9 Å². The number of halogens is 3. The lowest BCUT2D eigenvalue weighted by atomic mass is 10.1. The molecule has 1 saturated heterocycles. The van der Waals surface area contributed by atoms with Crippen molar-refractivity contribution >= 4 is 5.69 Å². The molecule has 1 heterocycles. The number of alkyl halides is 3. The van der Waals surface area contributed by atoms with E-state index >= 15 is 0 Å². The Labute approximate surface area is 97.7 Å². The van der Waals surface area contributed by atoms with E-state index < -0.39 is 12.3 Å². The number of aliphatic hydroxyl groups is 1. The highest BCUT2D eigenvalue weighted by molar-refractivity contribution is 5.55. The molecule has 1 atom stereocenters. The molecule has 2 nitrogen and oxygen atoms in total. The average Bonchev–Trinajstić information content (AvgIpc) is 2.80. The zero-order chi connectivity index (χ0) is 12.5. The van der Waals surface area contributed by atoms with E-state index in [9.17, 15) is 18.3 Å². The van der Waals surface area contributed by atoms with Crippen LogP contribution in [0.25, 0.3) is 0 Å². The van der Waals surface area contributed by atoms with Crippen molar-refractivity contribution in [1.82, 2.24) is 0 Å². The first kappa shape index (κ1) is 12.2. The molecule has 0 spiro atoms. The predicted molar refractivity (Wildman–Crippen MR) is 58.9 cm³/mol. The standard InChI is InChI=1S/C12H14F3NO/c13-12(14,15)11(17)9-5-1-2-6-10(9)16-7-3-4-8-16/h1-2,5-6,11,17H,3-4,7-8H2/t11-/m1/s1. The van der Waals surface area contributed by atoms with Gasteiger partial charge in [-0.25, -0.2) is 0 Å². The third kappa shape index (κ3) is 2.54. The van der Waals surface area contributed by atoms with Crippen LogP contribution >= 0.6 is 0 Å². The summed E-state index contributed by atoms with van der Waals surface area (Å²) in [6, 6.07) is 6.19. The van der Waals surface area contributed by atoms with Crippen molar-refractivity contribution in [3.63, 3.8) is 0 Å². The minimum absolute atomic E-state index is 0.0538. The van der Waals surface area contributed by atoms with Gasteiger partial charge >= 0.3 is 6.18 Å². The normalized spacial score (nSPS) is 18.5.